The quantitative estimate of drug-likeness (QED) is 0.195. The molecule has 0 amide bonds. The zero-order chi connectivity index (χ0) is 20.4. The maximum atomic E-state index is 11.7. The maximum absolute atomic E-state index is 11.7. The molecular formula is C19H36O7S. The summed E-state index contributed by atoms with van der Waals surface area (Å²) in [6.45, 7) is 2.04. The predicted molar refractivity (Wildman–Crippen MR) is 104 cm³/mol. The lowest BCUT2D eigenvalue weighted by Crippen LogP contribution is -2.18. The molecule has 8 heteroatoms. The standard InChI is InChI=1S/C19H36O7S/c1-2-3-4-5-6-7-8-9-10-11-12-15-26-27(23,24)17-16-25-19(22)14-13-18(20)21/h2-17H2,1H3,(H,20,21). The third-order valence-corrected chi connectivity index (χ3v) is 5.34. The van der Waals surface area contributed by atoms with E-state index in [0.717, 1.165) is 12.8 Å². The van der Waals surface area contributed by atoms with Gasteiger partial charge in [-0.05, 0) is 6.42 Å². The highest BCUT2D eigenvalue weighted by atomic mass is 32.2. The number of rotatable bonds is 19. The Morgan fingerprint density at radius 3 is 1.81 bits per heavy atom. The van der Waals surface area contributed by atoms with Crippen molar-refractivity contribution in [2.75, 3.05) is 19.0 Å². The maximum Gasteiger partial charge on any atom is 0.306 e. The molecule has 0 saturated heterocycles. The minimum Gasteiger partial charge on any atom is -0.481 e. The van der Waals surface area contributed by atoms with E-state index in [-0.39, 0.29) is 26.1 Å². The number of carbonyl (C=O) groups is 2. The van der Waals surface area contributed by atoms with Crippen LogP contribution in [0.2, 0.25) is 0 Å². The molecule has 0 aromatic rings. The third-order valence-electron chi connectivity index (χ3n) is 4.15. The number of carboxylic acids is 1. The van der Waals surface area contributed by atoms with Crippen LogP contribution in [0.5, 0.6) is 0 Å². The second-order valence-corrected chi connectivity index (χ2v) is 8.49. The molecule has 0 unspecified atom stereocenters. The zero-order valence-corrected chi connectivity index (χ0v) is 17.4. The van der Waals surface area contributed by atoms with Crippen molar-refractivity contribution < 1.29 is 32.0 Å². The van der Waals surface area contributed by atoms with Crippen LogP contribution in [-0.2, 0) is 28.6 Å². The fourth-order valence-corrected chi connectivity index (χ4v) is 3.33. The van der Waals surface area contributed by atoms with Crippen molar-refractivity contribution in [3.8, 4) is 0 Å². The molecule has 0 aliphatic heterocycles. The Labute approximate surface area is 163 Å². The van der Waals surface area contributed by atoms with Gasteiger partial charge in [0.1, 0.15) is 12.4 Å². The van der Waals surface area contributed by atoms with Gasteiger partial charge in [0.05, 0.1) is 19.4 Å². The molecule has 0 radical (unpaired) electrons. The van der Waals surface area contributed by atoms with E-state index in [1.54, 1.807) is 0 Å². The van der Waals surface area contributed by atoms with Crippen molar-refractivity contribution >= 4 is 22.1 Å². The summed E-state index contributed by atoms with van der Waals surface area (Å²) in [5.74, 6) is -2.24. The van der Waals surface area contributed by atoms with Crippen molar-refractivity contribution in [3.05, 3.63) is 0 Å². The van der Waals surface area contributed by atoms with Gasteiger partial charge >= 0.3 is 11.9 Å². The van der Waals surface area contributed by atoms with E-state index in [9.17, 15) is 18.0 Å². The molecule has 7 nitrogen and oxygen atoms in total. The summed E-state index contributed by atoms with van der Waals surface area (Å²) < 4.78 is 32.9. The lowest BCUT2D eigenvalue weighted by Gasteiger charge is -2.07. The van der Waals surface area contributed by atoms with Crippen LogP contribution in [0.3, 0.4) is 0 Å². The molecule has 160 valence electrons. The zero-order valence-electron chi connectivity index (χ0n) is 16.6. The molecule has 0 bridgehead atoms. The van der Waals surface area contributed by atoms with Crippen LogP contribution in [0.15, 0.2) is 0 Å². The molecule has 0 rings (SSSR count). The van der Waals surface area contributed by atoms with Gasteiger partial charge in [-0.25, -0.2) is 0 Å². The van der Waals surface area contributed by atoms with Gasteiger partial charge in [-0.3, -0.25) is 13.8 Å². The monoisotopic (exact) mass is 408 g/mol. The number of unbranched alkanes of at least 4 members (excludes halogenated alkanes) is 10. The lowest BCUT2D eigenvalue weighted by atomic mass is 10.1. The van der Waals surface area contributed by atoms with Crippen LogP contribution in [0.4, 0.5) is 0 Å². The molecular weight excluding hydrogens is 372 g/mol. The minimum atomic E-state index is -3.71. The van der Waals surface area contributed by atoms with E-state index in [4.69, 9.17) is 9.29 Å². The van der Waals surface area contributed by atoms with Crippen molar-refractivity contribution in [2.24, 2.45) is 0 Å². The van der Waals surface area contributed by atoms with Crippen molar-refractivity contribution in [3.63, 3.8) is 0 Å². The lowest BCUT2D eigenvalue weighted by molar-refractivity contribution is -0.147. The van der Waals surface area contributed by atoms with E-state index in [2.05, 4.69) is 11.7 Å². The molecule has 0 aliphatic carbocycles. The van der Waals surface area contributed by atoms with Crippen LogP contribution in [0.25, 0.3) is 0 Å². The van der Waals surface area contributed by atoms with E-state index >= 15 is 0 Å². The average molecular weight is 409 g/mol. The minimum absolute atomic E-state index is 0.145. The molecule has 0 saturated carbocycles. The van der Waals surface area contributed by atoms with E-state index in [1.165, 1.54) is 51.4 Å². The fourth-order valence-electron chi connectivity index (χ4n) is 2.55. The highest BCUT2D eigenvalue weighted by molar-refractivity contribution is 7.86. The van der Waals surface area contributed by atoms with Gasteiger partial charge in [0.15, 0.2) is 0 Å². The molecule has 0 atom stereocenters. The van der Waals surface area contributed by atoms with E-state index < -0.39 is 27.8 Å². The Hall–Kier alpha value is -1.15. The Morgan fingerprint density at radius 1 is 0.778 bits per heavy atom. The first-order valence-corrected chi connectivity index (χ1v) is 11.7. The largest absolute Gasteiger partial charge is 0.481 e. The first-order chi connectivity index (χ1) is 12.9. The molecule has 0 heterocycles. The Balaban J connectivity index is 3.49. The van der Waals surface area contributed by atoms with Crippen LogP contribution in [0, 0.1) is 0 Å². The SMILES string of the molecule is CCCCCCCCCCCCCOS(=O)(=O)CCOC(=O)CCC(=O)O. The Kier molecular flexibility index (Phi) is 16.3. The summed E-state index contributed by atoms with van der Waals surface area (Å²) in [5, 5.41) is 8.43. The molecule has 27 heavy (non-hydrogen) atoms. The van der Waals surface area contributed by atoms with Gasteiger partial charge < -0.3 is 9.84 Å². The number of esters is 1. The topological polar surface area (TPSA) is 107 Å². The summed E-state index contributed by atoms with van der Waals surface area (Å²) >= 11 is 0. The molecule has 0 aromatic heterocycles. The van der Waals surface area contributed by atoms with Crippen molar-refractivity contribution in [1.82, 2.24) is 0 Å². The van der Waals surface area contributed by atoms with Crippen LogP contribution < -0.4 is 0 Å². The van der Waals surface area contributed by atoms with Crippen molar-refractivity contribution in [2.45, 2.75) is 90.4 Å². The van der Waals surface area contributed by atoms with Crippen molar-refractivity contribution in [1.29, 1.82) is 0 Å². The van der Waals surface area contributed by atoms with Crippen LogP contribution in [0.1, 0.15) is 90.4 Å². The summed E-state index contributed by atoms with van der Waals surface area (Å²) in [6.07, 6.45) is 12.4. The average Bonchev–Trinajstić information content (AvgIpc) is 2.60. The van der Waals surface area contributed by atoms with E-state index in [1.807, 2.05) is 0 Å². The third kappa shape index (κ3) is 19.4. The predicted octanol–water partition coefficient (Wildman–Crippen LogP) is 4.05. The summed E-state index contributed by atoms with van der Waals surface area (Å²) in [4.78, 5) is 21.5. The number of hydrogen-bond acceptors (Lipinski definition) is 6. The number of ether oxygens (including phenoxy) is 1. The number of carboxylic acid groups (broad SMARTS) is 1. The van der Waals surface area contributed by atoms with E-state index in [0.29, 0.717) is 6.42 Å². The Morgan fingerprint density at radius 2 is 1.30 bits per heavy atom. The summed E-state index contributed by atoms with van der Waals surface area (Å²) in [7, 11) is -3.71. The van der Waals surface area contributed by atoms with Crippen LogP contribution >= 0.6 is 0 Å². The molecule has 1 N–H and O–H groups in total. The second-order valence-electron chi connectivity index (χ2n) is 6.73. The first kappa shape index (κ1) is 25.9. The van der Waals surface area contributed by atoms with Gasteiger partial charge in [-0.2, -0.15) is 8.42 Å². The molecule has 0 spiro atoms. The molecule has 0 aromatic carbocycles. The van der Waals surface area contributed by atoms with Gasteiger partial charge in [0.25, 0.3) is 10.1 Å². The highest BCUT2D eigenvalue weighted by Crippen LogP contribution is 2.11. The summed E-state index contributed by atoms with van der Waals surface area (Å²) in [6, 6.07) is 0. The normalized spacial score (nSPS) is 11.4. The number of aliphatic carboxylic acids is 1. The smallest absolute Gasteiger partial charge is 0.306 e. The summed E-state index contributed by atoms with van der Waals surface area (Å²) in [5.41, 5.74) is 0. The van der Waals surface area contributed by atoms with Gasteiger partial charge in [0.2, 0.25) is 0 Å². The highest BCUT2D eigenvalue weighted by Gasteiger charge is 2.13. The number of carbonyl (C=O) groups excluding carboxylic acids is 1. The van der Waals surface area contributed by atoms with Gasteiger partial charge in [0, 0.05) is 0 Å². The van der Waals surface area contributed by atoms with Crippen LogP contribution in [-0.4, -0.2) is 44.4 Å². The first-order valence-electron chi connectivity index (χ1n) is 10.1. The van der Waals surface area contributed by atoms with Gasteiger partial charge in [-0.1, -0.05) is 71.1 Å². The second kappa shape index (κ2) is 17.0. The molecule has 0 aliphatic rings. The number of hydrogen-bond donors (Lipinski definition) is 1. The Bertz CT molecular complexity index is 488. The fraction of sp³-hybridized carbons (Fsp3) is 0.895. The van der Waals surface area contributed by atoms with Gasteiger partial charge in [-0.15, -0.1) is 0 Å². The molecule has 0 fully saturated rings.